The maximum absolute atomic E-state index is 11.9. The van der Waals surface area contributed by atoms with Crippen LogP contribution in [0, 0.1) is 6.92 Å². The average Bonchev–Trinajstić information content (AvgIpc) is 2.59. The van der Waals surface area contributed by atoms with Crippen LogP contribution in [0.25, 0.3) is 0 Å². The van der Waals surface area contributed by atoms with Crippen molar-refractivity contribution in [2.75, 3.05) is 13.2 Å². The van der Waals surface area contributed by atoms with Crippen molar-refractivity contribution in [2.45, 2.75) is 26.3 Å². The average molecular weight is 311 g/mol. The van der Waals surface area contributed by atoms with E-state index in [-0.39, 0.29) is 12.5 Å². The highest BCUT2D eigenvalue weighted by atomic mass is 16.5. The minimum atomic E-state index is -0.125. The molecule has 4 heteroatoms. The summed E-state index contributed by atoms with van der Waals surface area (Å²) in [5, 5.41) is 2.88. The molecule has 0 fully saturated rings. The molecule has 1 aliphatic rings. The Morgan fingerprint density at radius 3 is 2.87 bits per heavy atom. The Hall–Kier alpha value is -2.49. The Morgan fingerprint density at radius 1 is 1.22 bits per heavy atom. The fraction of sp³-hybridized carbons (Fsp3) is 0.316. The van der Waals surface area contributed by atoms with Crippen molar-refractivity contribution in [2.24, 2.45) is 0 Å². The van der Waals surface area contributed by atoms with Crippen molar-refractivity contribution in [3.05, 3.63) is 59.2 Å². The smallest absolute Gasteiger partial charge is 0.258 e. The molecule has 120 valence electrons. The fourth-order valence-electron chi connectivity index (χ4n) is 2.56. The number of amides is 1. The second-order valence-electron chi connectivity index (χ2n) is 5.77. The van der Waals surface area contributed by atoms with E-state index >= 15 is 0 Å². The number of nitrogens with one attached hydrogen (secondary N) is 1. The van der Waals surface area contributed by atoms with Crippen LogP contribution in [0.4, 0.5) is 0 Å². The minimum Gasteiger partial charge on any atom is -0.493 e. The summed E-state index contributed by atoms with van der Waals surface area (Å²) in [6.45, 7) is 3.33. The maximum atomic E-state index is 11.9. The SMILES string of the molecule is Cc1ccc(OCC(=O)NCc2ccc3c(c2)CCCO3)cc1. The van der Waals surface area contributed by atoms with Crippen molar-refractivity contribution < 1.29 is 14.3 Å². The van der Waals surface area contributed by atoms with Crippen LogP contribution in [0.5, 0.6) is 11.5 Å². The van der Waals surface area contributed by atoms with Crippen LogP contribution in [-0.4, -0.2) is 19.1 Å². The summed E-state index contributed by atoms with van der Waals surface area (Å²) in [6, 6.07) is 13.7. The summed E-state index contributed by atoms with van der Waals surface area (Å²) < 4.78 is 11.1. The number of ether oxygens (including phenoxy) is 2. The van der Waals surface area contributed by atoms with Crippen LogP contribution in [0.2, 0.25) is 0 Å². The Morgan fingerprint density at radius 2 is 2.04 bits per heavy atom. The topological polar surface area (TPSA) is 47.6 Å². The lowest BCUT2D eigenvalue weighted by Crippen LogP contribution is -2.28. The highest BCUT2D eigenvalue weighted by Crippen LogP contribution is 2.25. The predicted octanol–water partition coefficient (Wildman–Crippen LogP) is 3.02. The molecule has 0 aliphatic carbocycles. The highest BCUT2D eigenvalue weighted by molar-refractivity contribution is 5.77. The standard InChI is InChI=1S/C19H21NO3/c1-14-4-7-17(8-5-14)23-13-19(21)20-12-15-6-9-18-16(11-15)3-2-10-22-18/h4-9,11H,2-3,10,12-13H2,1H3,(H,20,21). The summed E-state index contributed by atoms with van der Waals surface area (Å²) in [5.41, 5.74) is 3.47. The van der Waals surface area contributed by atoms with E-state index < -0.39 is 0 Å². The van der Waals surface area contributed by atoms with Gasteiger partial charge in [0.15, 0.2) is 6.61 Å². The quantitative estimate of drug-likeness (QED) is 0.923. The molecule has 23 heavy (non-hydrogen) atoms. The Labute approximate surface area is 136 Å². The lowest BCUT2D eigenvalue weighted by Gasteiger charge is -2.18. The summed E-state index contributed by atoms with van der Waals surface area (Å²) >= 11 is 0. The molecular weight excluding hydrogens is 290 g/mol. The molecule has 0 atom stereocenters. The number of carbonyl (C=O) groups is 1. The molecule has 0 spiro atoms. The molecule has 0 saturated heterocycles. The van der Waals surface area contributed by atoms with E-state index in [9.17, 15) is 4.79 Å². The Balaban J connectivity index is 1.48. The second-order valence-corrected chi connectivity index (χ2v) is 5.77. The lowest BCUT2D eigenvalue weighted by molar-refractivity contribution is -0.123. The van der Waals surface area contributed by atoms with Gasteiger partial charge in [0.2, 0.25) is 0 Å². The third kappa shape index (κ3) is 4.25. The van der Waals surface area contributed by atoms with Crippen molar-refractivity contribution in [1.29, 1.82) is 0 Å². The summed E-state index contributed by atoms with van der Waals surface area (Å²) in [6.07, 6.45) is 2.08. The zero-order valence-electron chi connectivity index (χ0n) is 13.3. The minimum absolute atomic E-state index is 0.0249. The van der Waals surface area contributed by atoms with Gasteiger partial charge in [-0.25, -0.2) is 0 Å². The maximum Gasteiger partial charge on any atom is 0.258 e. The van der Waals surface area contributed by atoms with Crippen LogP contribution in [0.3, 0.4) is 0 Å². The van der Waals surface area contributed by atoms with Crippen LogP contribution in [0.15, 0.2) is 42.5 Å². The normalized spacial score (nSPS) is 12.9. The van der Waals surface area contributed by atoms with Gasteiger partial charge < -0.3 is 14.8 Å². The van der Waals surface area contributed by atoms with Gasteiger partial charge in [-0.1, -0.05) is 29.8 Å². The van der Waals surface area contributed by atoms with E-state index in [0.717, 1.165) is 36.3 Å². The van der Waals surface area contributed by atoms with E-state index in [0.29, 0.717) is 12.3 Å². The molecule has 0 saturated carbocycles. The summed E-state index contributed by atoms with van der Waals surface area (Å²) in [5.74, 6) is 1.55. The summed E-state index contributed by atoms with van der Waals surface area (Å²) in [7, 11) is 0. The van der Waals surface area contributed by atoms with Gasteiger partial charge >= 0.3 is 0 Å². The molecule has 3 rings (SSSR count). The molecule has 0 unspecified atom stereocenters. The van der Waals surface area contributed by atoms with E-state index in [2.05, 4.69) is 11.4 Å². The van der Waals surface area contributed by atoms with Crippen molar-refractivity contribution in [3.63, 3.8) is 0 Å². The first-order valence-corrected chi connectivity index (χ1v) is 7.91. The first-order valence-electron chi connectivity index (χ1n) is 7.91. The van der Waals surface area contributed by atoms with E-state index in [4.69, 9.17) is 9.47 Å². The molecule has 2 aromatic carbocycles. The van der Waals surface area contributed by atoms with Crippen LogP contribution in [0.1, 0.15) is 23.1 Å². The van der Waals surface area contributed by atoms with Crippen LogP contribution >= 0.6 is 0 Å². The molecule has 1 aliphatic heterocycles. The number of hydrogen-bond donors (Lipinski definition) is 1. The highest BCUT2D eigenvalue weighted by Gasteiger charge is 2.11. The van der Waals surface area contributed by atoms with E-state index in [1.165, 1.54) is 5.56 Å². The number of rotatable bonds is 5. The molecule has 1 N–H and O–H groups in total. The number of fused-ring (bicyclic) bond motifs is 1. The molecule has 0 radical (unpaired) electrons. The van der Waals surface area contributed by atoms with Gasteiger partial charge in [-0.3, -0.25) is 4.79 Å². The number of benzene rings is 2. The Bertz CT molecular complexity index is 680. The molecular formula is C19H21NO3. The predicted molar refractivity (Wildman–Crippen MR) is 88.8 cm³/mol. The van der Waals surface area contributed by atoms with Crippen LogP contribution in [-0.2, 0) is 17.8 Å². The first kappa shape index (κ1) is 15.4. The molecule has 1 heterocycles. The van der Waals surface area contributed by atoms with Crippen LogP contribution < -0.4 is 14.8 Å². The number of hydrogen-bond acceptors (Lipinski definition) is 3. The monoisotopic (exact) mass is 311 g/mol. The van der Waals surface area contributed by atoms with Gasteiger partial charge in [0.25, 0.3) is 5.91 Å². The van der Waals surface area contributed by atoms with Gasteiger partial charge in [-0.2, -0.15) is 0 Å². The third-order valence-corrected chi connectivity index (χ3v) is 3.85. The largest absolute Gasteiger partial charge is 0.493 e. The third-order valence-electron chi connectivity index (χ3n) is 3.85. The van der Waals surface area contributed by atoms with Crippen molar-refractivity contribution in [3.8, 4) is 11.5 Å². The second kappa shape index (κ2) is 7.18. The van der Waals surface area contributed by atoms with E-state index in [1.807, 2.05) is 43.3 Å². The fourth-order valence-corrected chi connectivity index (χ4v) is 2.56. The molecule has 4 nitrogen and oxygen atoms in total. The zero-order chi connectivity index (χ0) is 16.1. The molecule has 1 amide bonds. The number of aryl methyl sites for hydroxylation is 2. The molecule has 0 aromatic heterocycles. The van der Waals surface area contributed by atoms with Gasteiger partial charge in [0.05, 0.1) is 6.61 Å². The van der Waals surface area contributed by atoms with E-state index in [1.54, 1.807) is 0 Å². The molecule has 2 aromatic rings. The summed E-state index contributed by atoms with van der Waals surface area (Å²) in [4.78, 5) is 11.9. The Kier molecular flexibility index (Phi) is 4.81. The molecule has 0 bridgehead atoms. The van der Waals surface area contributed by atoms with Gasteiger partial charge in [-0.15, -0.1) is 0 Å². The van der Waals surface area contributed by atoms with Gasteiger partial charge in [0.1, 0.15) is 11.5 Å². The van der Waals surface area contributed by atoms with Gasteiger partial charge in [-0.05, 0) is 49.1 Å². The van der Waals surface area contributed by atoms with Crippen molar-refractivity contribution in [1.82, 2.24) is 5.32 Å². The first-order chi connectivity index (χ1) is 11.2. The number of carbonyl (C=O) groups excluding carboxylic acids is 1. The zero-order valence-corrected chi connectivity index (χ0v) is 13.3. The van der Waals surface area contributed by atoms with Crippen molar-refractivity contribution >= 4 is 5.91 Å². The van der Waals surface area contributed by atoms with Gasteiger partial charge in [0, 0.05) is 6.54 Å². The lowest BCUT2D eigenvalue weighted by atomic mass is 10.0.